The molecule has 1 aromatic heterocycles. The van der Waals surface area contributed by atoms with Crippen LogP contribution < -0.4 is 4.74 Å². The summed E-state index contributed by atoms with van der Waals surface area (Å²) in [5.74, 6) is -0.0188. The van der Waals surface area contributed by atoms with Gasteiger partial charge in [0.05, 0.1) is 18.3 Å². The van der Waals surface area contributed by atoms with Gasteiger partial charge in [0.15, 0.2) is 0 Å². The number of benzene rings is 1. The largest absolute Gasteiger partial charge is 0.461 e. The summed E-state index contributed by atoms with van der Waals surface area (Å²) in [5, 5.41) is 4.47. The topological polar surface area (TPSA) is 100 Å². The molecule has 1 heterocycles. The Labute approximate surface area is 150 Å². The molecule has 1 atom stereocenters. The zero-order valence-electron chi connectivity index (χ0n) is 13.9. The highest BCUT2D eigenvalue weighted by molar-refractivity contribution is 7.85. The van der Waals surface area contributed by atoms with Gasteiger partial charge in [-0.25, -0.2) is 9.67 Å². The van der Waals surface area contributed by atoms with Crippen molar-refractivity contribution >= 4 is 27.5 Å². The van der Waals surface area contributed by atoms with E-state index < -0.39 is 27.5 Å². The summed E-state index contributed by atoms with van der Waals surface area (Å²) in [4.78, 5) is 16.8. The molecule has 1 unspecified atom stereocenters. The summed E-state index contributed by atoms with van der Waals surface area (Å²) in [5.41, 5.74) is -1.15. The quantitative estimate of drug-likeness (QED) is 0.639. The van der Waals surface area contributed by atoms with Crippen molar-refractivity contribution in [3.8, 4) is 5.75 Å². The van der Waals surface area contributed by atoms with E-state index in [1.165, 1.54) is 17.3 Å². The standard InChI is InChI=1S/C15H18ClN3O5S/c1-15(2,8-23-25(3,21)22)13(20)14(19-10-17-9-18-19)24-12-6-4-11(16)5-7-12/h4-7,9-10,14H,8H2,1-3H3. The van der Waals surface area contributed by atoms with E-state index in [1.54, 1.807) is 38.1 Å². The van der Waals surface area contributed by atoms with Gasteiger partial charge >= 0.3 is 0 Å². The van der Waals surface area contributed by atoms with Crippen molar-refractivity contribution < 1.29 is 22.1 Å². The number of hydrogen-bond donors (Lipinski definition) is 0. The van der Waals surface area contributed by atoms with E-state index in [0.717, 1.165) is 6.26 Å². The van der Waals surface area contributed by atoms with Crippen LogP contribution in [0.3, 0.4) is 0 Å². The van der Waals surface area contributed by atoms with Crippen LogP contribution in [0, 0.1) is 5.41 Å². The van der Waals surface area contributed by atoms with E-state index in [4.69, 9.17) is 20.5 Å². The molecule has 10 heteroatoms. The van der Waals surface area contributed by atoms with Crippen LogP contribution in [0.5, 0.6) is 5.75 Å². The van der Waals surface area contributed by atoms with Crippen molar-refractivity contribution in [2.75, 3.05) is 12.9 Å². The molecule has 2 aromatic rings. The molecule has 0 radical (unpaired) electrons. The fourth-order valence-electron chi connectivity index (χ4n) is 1.87. The lowest BCUT2D eigenvalue weighted by Crippen LogP contribution is -2.39. The van der Waals surface area contributed by atoms with E-state index in [2.05, 4.69) is 10.1 Å². The lowest BCUT2D eigenvalue weighted by atomic mass is 9.88. The first kappa shape index (κ1) is 19.4. The molecule has 25 heavy (non-hydrogen) atoms. The molecular weight excluding hydrogens is 370 g/mol. The van der Waals surface area contributed by atoms with E-state index in [9.17, 15) is 13.2 Å². The monoisotopic (exact) mass is 387 g/mol. The molecular formula is C15H18ClN3O5S. The zero-order valence-corrected chi connectivity index (χ0v) is 15.5. The van der Waals surface area contributed by atoms with Gasteiger partial charge in [-0.1, -0.05) is 25.4 Å². The zero-order chi connectivity index (χ0) is 18.7. The maximum atomic E-state index is 12.9. The number of ether oxygens (including phenoxy) is 1. The Morgan fingerprint density at radius 1 is 1.32 bits per heavy atom. The van der Waals surface area contributed by atoms with Crippen LogP contribution in [0.15, 0.2) is 36.9 Å². The number of nitrogens with zero attached hydrogens (tertiary/aromatic N) is 3. The first-order valence-corrected chi connectivity index (χ1v) is 9.43. The molecule has 0 saturated heterocycles. The van der Waals surface area contributed by atoms with E-state index >= 15 is 0 Å². The van der Waals surface area contributed by atoms with Crippen LogP contribution in [0.2, 0.25) is 5.02 Å². The fourth-order valence-corrected chi connectivity index (χ4v) is 2.50. The van der Waals surface area contributed by atoms with Gasteiger partial charge in [-0.2, -0.15) is 13.5 Å². The molecule has 0 spiro atoms. The van der Waals surface area contributed by atoms with Crippen molar-refractivity contribution in [2.45, 2.75) is 20.1 Å². The summed E-state index contributed by atoms with van der Waals surface area (Å²) in [6.07, 6.45) is 2.39. The van der Waals surface area contributed by atoms with Crippen LogP contribution in [-0.2, 0) is 19.1 Å². The van der Waals surface area contributed by atoms with Crippen LogP contribution in [0.25, 0.3) is 0 Å². The number of halogens is 1. The predicted molar refractivity (Wildman–Crippen MR) is 90.7 cm³/mol. The first-order chi connectivity index (χ1) is 11.6. The van der Waals surface area contributed by atoms with Gasteiger partial charge in [0.1, 0.15) is 18.4 Å². The highest BCUT2D eigenvalue weighted by Crippen LogP contribution is 2.28. The Morgan fingerprint density at radius 3 is 2.48 bits per heavy atom. The third kappa shape index (κ3) is 5.52. The summed E-state index contributed by atoms with van der Waals surface area (Å²) < 4.78 is 34.2. The second-order valence-corrected chi connectivity index (χ2v) is 8.09. The number of aromatic nitrogens is 3. The molecule has 0 saturated carbocycles. The van der Waals surface area contributed by atoms with Crippen LogP contribution >= 0.6 is 11.6 Å². The van der Waals surface area contributed by atoms with Crippen molar-refractivity contribution in [3.63, 3.8) is 0 Å². The Balaban J connectivity index is 2.25. The SMILES string of the molecule is CC(C)(COS(C)(=O)=O)C(=O)C(Oc1ccc(Cl)cc1)n1cncn1. The normalized spacial score (nSPS) is 13.4. The maximum absolute atomic E-state index is 12.9. The molecule has 0 aliphatic rings. The predicted octanol–water partition coefficient (Wildman–Crippen LogP) is 2.08. The van der Waals surface area contributed by atoms with E-state index in [0.29, 0.717) is 10.8 Å². The maximum Gasteiger partial charge on any atom is 0.264 e. The van der Waals surface area contributed by atoms with Crippen molar-refractivity contribution in [1.82, 2.24) is 14.8 Å². The highest BCUT2D eigenvalue weighted by atomic mass is 35.5. The number of hydrogen-bond acceptors (Lipinski definition) is 7. The van der Waals surface area contributed by atoms with Crippen LogP contribution in [0.1, 0.15) is 20.1 Å². The molecule has 8 nitrogen and oxygen atoms in total. The molecule has 0 amide bonds. The minimum atomic E-state index is -3.68. The summed E-state index contributed by atoms with van der Waals surface area (Å²) >= 11 is 5.84. The molecule has 1 aromatic carbocycles. The first-order valence-electron chi connectivity index (χ1n) is 7.23. The average Bonchev–Trinajstić information content (AvgIpc) is 3.05. The fraction of sp³-hybridized carbons (Fsp3) is 0.400. The van der Waals surface area contributed by atoms with E-state index in [-0.39, 0.29) is 6.61 Å². The number of carbonyl (C=O) groups excluding carboxylic acids is 1. The molecule has 0 fully saturated rings. The molecule has 0 aliphatic heterocycles. The van der Waals surface area contributed by atoms with Gasteiger partial charge < -0.3 is 4.74 Å². The van der Waals surface area contributed by atoms with Gasteiger partial charge in [0.2, 0.25) is 5.78 Å². The lowest BCUT2D eigenvalue weighted by Gasteiger charge is -2.27. The highest BCUT2D eigenvalue weighted by Gasteiger charge is 2.38. The molecule has 0 N–H and O–H groups in total. The molecule has 2 rings (SSSR count). The van der Waals surface area contributed by atoms with Crippen molar-refractivity contribution in [3.05, 3.63) is 41.9 Å². The number of ketones is 1. The lowest BCUT2D eigenvalue weighted by molar-refractivity contribution is -0.140. The number of carbonyl (C=O) groups is 1. The Kier molecular flexibility index (Phi) is 5.81. The van der Waals surface area contributed by atoms with Crippen LogP contribution in [0.4, 0.5) is 0 Å². The van der Waals surface area contributed by atoms with Crippen molar-refractivity contribution in [2.24, 2.45) is 5.41 Å². The summed E-state index contributed by atoms with van der Waals surface area (Å²) in [7, 11) is -3.68. The third-order valence-corrected chi connectivity index (χ3v) is 4.06. The molecule has 136 valence electrons. The molecule has 0 bridgehead atoms. The van der Waals surface area contributed by atoms with Gasteiger partial charge in [0.25, 0.3) is 16.3 Å². The Morgan fingerprint density at radius 2 is 1.96 bits per heavy atom. The third-order valence-electron chi connectivity index (χ3n) is 3.26. The number of rotatable bonds is 8. The smallest absolute Gasteiger partial charge is 0.264 e. The Bertz CT molecular complexity index is 819. The average molecular weight is 388 g/mol. The van der Waals surface area contributed by atoms with Gasteiger partial charge in [-0.3, -0.25) is 8.98 Å². The molecule has 0 aliphatic carbocycles. The minimum Gasteiger partial charge on any atom is -0.461 e. The second-order valence-electron chi connectivity index (χ2n) is 6.01. The summed E-state index contributed by atoms with van der Waals surface area (Å²) in [6, 6.07) is 6.47. The van der Waals surface area contributed by atoms with Crippen molar-refractivity contribution in [1.29, 1.82) is 0 Å². The van der Waals surface area contributed by atoms with Crippen LogP contribution in [-0.4, -0.2) is 41.8 Å². The number of Topliss-reactive ketones (excluding diaryl/α,β-unsaturated/α-hetero) is 1. The minimum absolute atomic E-state index is 0.320. The second kappa shape index (κ2) is 7.51. The van der Waals surface area contributed by atoms with E-state index in [1.807, 2.05) is 0 Å². The van der Waals surface area contributed by atoms with Gasteiger partial charge in [-0.15, -0.1) is 0 Å². The van der Waals surface area contributed by atoms with Gasteiger partial charge in [-0.05, 0) is 24.3 Å². The van der Waals surface area contributed by atoms with Gasteiger partial charge in [0, 0.05) is 5.02 Å². The summed E-state index contributed by atoms with van der Waals surface area (Å²) in [6.45, 7) is 2.81. The Hall–Kier alpha value is -1.97.